The van der Waals surface area contributed by atoms with E-state index in [1.54, 1.807) is 18.7 Å². The van der Waals surface area contributed by atoms with Crippen molar-refractivity contribution in [1.82, 2.24) is 10.1 Å². The minimum Gasteiger partial charge on any atom is -0.469 e. The molecule has 0 spiro atoms. The lowest BCUT2D eigenvalue weighted by Crippen LogP contribution is -2.33. The van der Waals surface area contributed by atoms with Crippen LogP contribution in [0.15, 0.2) is 34.9 Å². The van der Waals surface area contributed by atoms with E-state index < -0.39 is 0 Å². The summed E-state index contributed by atoms with van der Waals surface area (Å²) in [5, 5.41) is 3.82. The quantitative estimate of drug-likeness (QED) is 0.766. The summed E-state index contributed by atoms with van der Waals surface area (Å²) in [6.07, 6.45) is 0.137. The van der Waals surface area contributed by atoms with Crippen LogP contribution in [0.5, 0.6) is 0 Å². The third kappa shape index (κ3) is 4.18. The van der Waals surface area contributed by atoms with Crippen LogP contribution in [0.4, 0.5) is 0 Å². The predicted molar refractivity (Wildman–Crippen MR) is 83.8 cm³/mol. The topological polar surface area (TPSA) is 72.6 Å². The number of aryl methyl sites for hydroxylation is 2. The molecule has 23 heavy (non-hydrogen) atoms. The number of hydrogen-bond donors (Lipinski definition) is 0. The van der Waals surface area contributed by atoms with Gasteiger partial charge in [0.05, 0.1) is 19.2 Å². The normalized spacial score (nSPS) is 10.4. The van der Waals surface area contributed by atoms with E-state index in [0.29, 0.717) is 23.6 Å². The Morgan fingerprint density at radius 3 is 2.48 bits per heavy atom. The number of hydrogen-bond acceptors (Lipinski definition) is 5. The van der Waals surface area contributed by atoms with Crippen LogP contribution in [0, 0.1) is 13.8 Å². The highest BCUT2D eigenvalue weighted by Gasteiger charge is 2.24. The molecule has 0 saturated heterocycles. The lowest BCUT2D eigenvalue weighted by Gasteiger charge is -2.22. The van der Waals surface area contributed by atoms with Gasteiger partial charge in [-0.2, -0.15) is 0 Å². The van der Waals surface area contributed by atoms with Crippen LogP contribution >= 0.6 is 0 Å². The Labute approximate surface area is 135 Å². The van der Waals surface area contributed by atoms with Crippen molar-refractivity contribution < 1.29 is 18.8 Å². The number of esters is 1. The molecule has 0 N–H and O–H groups in total. The number of amides is 1. The zero-order valence-corrected chi connectivity index (χ0v) is 13.5. The maximum Gasteiger partial charge on any atom is 0.307 e. The minimum absolute atomic E-state index is 0.137. The first-order valence-electron chi connectivity index (χ1n) is 7.35. The summed E-state index contributed by atoms with van der Waals surface area (Å²) < 4.78 is 9.74. The number of rotatable bonds is 6. The number of carbonyl (C=O) groups excluding carboxylic acids is 2. The molecule has 0 aliphatic carbocycles. The molecule has 0 bridgehead atoms. The molecule has 2 rings (SSSR count). The van der Waals surface area contributed by atoms with Crippen LogP contribution in [-0.2, 0) is 16.1 Å². The lowest BCUT2D eigenvalue weighted by molar-refractivity contribution is -0.140. The monoisotopic (exact) mass is 316 g/mol. The van der Waals surface area contributed by atoms with E-state index in [1.807, 2.05) is 30.3 Å². The van der Waals surface area contributed by atoms with Crippen LogP contribution in [-0.4, -0.2) is 35.6 Å². The summed E-state index contributed by atoms with van der Waals surface area (Å²) in [7, 11) is 1.33. The van der Waals surface area contributed by atoms with Crippen molar-refractivity contribution in [2.45, 2.75) is 26.8 Å². The fraction of sp³-hybridized carbons (Fsp3) is 0.353. The average molecular weight is 316 g/mol. The van der Waals surface area contributed by atoms with E-state index in [-0.39, 0.29) is 24.8 Å². The Hall–Kier alpha value is -2.63. The highest BCUT2D eigenvalue weighted by Crippen LogP contribution is 2.17. The number of ether oxygens (including phenoxy) is 1. The Morgan fingerprint density at radius 2 is 1.91 bits per heavy atom. The maximum atomic E-state index is 12.8. The zero-order chi connectivity index (χ0) is 16.8. The first-order valence-corrected chi connectivity index (χ1v) is 7.35. The van der Waals surface area contributed by atoms with Gasteiger partial charge in [-0.15, -0.1) is 0 Å². The second-order valence-corrected chi connectivity index (χ2v) is 5.24. The number of nitrogens with zero attached hydrogens (tertiary/aromatic N) is 2. The molecule has 0 fully saturated rings. The van der Waals surface area contributed by atoms with Gasteiger partial charge in [-0.3, -0.25) is 9.59 Å². The van der Waals surface area contributed by atoms with E-state index in [4.69, 9.17) is 4.52 Å². The van der Waals surface area contributed by atoms with Crippen molar-refractivity contribution >= 4 is 11.9 Å². The molecule has 0 radical (unpaired) electrons. The molecule has 0 atom stereocenters. The summed E-state index contributed by atoms with van der Waals surface area (Å²) in [5.74, 6) is -0.0766. The smallest absolute Gasteiger partial charge is 0.307 e. The predicted octanol–water partition coefficient (Wildman–Crippen LogP) is 2.50. The van der Waals surface area contributed by atoms with Crippen molar-refractivity contribution in [2.75, 3.05) is 13.7 Å². The Morgan fingerprint density at radius 1 is 1.22 bits per heavy atom. The van der Waals surface area contributed by atoms with Gasteiger partial charge < -0.3 is 14.2 Å². The highest BCUT2D eigenvalue weighted by molar-refractivity contribution is 5.96. The zero-order valence-electron chi connectivity index (χ0n) is 13.5. The number of carbonyl (C=O) groups is 2. The Bertz CT molecular complexity index is 660. The molecule has 2 aromatic rings. The molecule has 0 aliphatic rings. The third-order valence-electron chi connectivity index (χ3n) is 3.56. The number of methoxy groups -OCH3 is 1. The molecule has 1 heterocycles. The standard InChI is InChI=1S/C17H20N2O4/c1-12-16(13(2)23-18-12)17(21)19(10-9-15(20)22-3)11-14-7-5-4-6-8-14/h4-8H,9-11H2,1-3H3. The molecule has 1 aromatic carbocycles. The second-order valence-electron chi connectivity index (χ2n) is 5.24. The van der Waals surface area contributed by atoms with E-state index in [2.05, 4.69) is 9.89 Å². The van der Waals surface area contributed by atoms with Gasteiger partial charge in [-0.05, 0) is 19.4 Å². The summed E-state index contributed by atoms with van der Waals surface area (Å²) in [4.78, 5) is 25.9. The van der Waals surface area contributed by atoms with Crippen LogP contribution in [0.2, 0.25) is 0 Å². The average Bonchev–Trinajstić information content (AvgIpc) is 2.90. The summed E-state index contributed by atoms with van der Waals surface area (Å²) in [6, 6.07) is 9.61. The molecule has 0 saturated carbocycles. The fourth-order valence-corrected chi connectivity index (χ4v) is 2.33. The SMILES string of the molecule is COC(=O)CCN(Cc1ccccc1)C(=O)c1c(C)noc1C. The van der Waals surface area contributed by atoms with Crippen molar-refractivity contribution in [1.29, 1.82) is 0 Å². The summed E-state index contributed by atoms with van der Waals surface area (Å²) >= 11 is 0. The first-order chi connectivity index (χ1) is 11.0. The molecular formula is C17H20N2O4. The van der Waals surface area contributed by atoms with Gasteiger partial charge in [0, 0.05) is 13.1 Å². The van der Waals surface area contributed by atoms with Crippen LogP contribution in [0.25, 0.3) is 0 Å². The summed E-state index contributed by atoms with van der Waals surface area (Å²) in [5.41, 5.74) is 1.98. The van der Waals surface area contributed by atoms with Crippen LogP contribution in [0.3, 0.4) is 0 Å². The molecular weight excluding hydrogens is 296 g/mol. The van der Waals surface area contributed by atoms with Gasteiger partial charge in [-0.25, -0.2) is 0 Å². The van der Waals surface area contributed by atoms with Gasteiger partial charge in [0.1, 0.15) is 11.3 Å². The van der Waals surface area contributed by atoms with Crippen molar-refractivity contribution in [2.24, 2.45) is 0 Å². The largest absolute Gasteiger partial charge is 0.469 e. The lowest BCUT2D eigenvalue weighted by atomic mass is 10.1. The van der Waals surface area contributed by atoms with Crippen LogP contribution < -0.4 is 0 Å². The fourth-order valence-electron chi connectivity index (χ4n) is 2.33. The van der Waals surface area contributed by atoms with Gasteiger partial charge >= 0.3 is 5.97 Å². The molecule has 122 valence electrons. The number of benzene rings is 1. The molecule has 1 amide bonds. The van der Waals surface area contributed by atoms with E-state index in [1.165, 1.54) is 7.11 Å². The highest BCUT2D eigenvalue weighted by atomic mass is 16.5. The third-order valence-corrected chi connectivity index (χ3v) is 3.56. The van der Waals surface area contributed by atoms with E-state index >= 15 is 0 Å². The summed E-state index contributed by atoms with van der Waals surface area (Å²) in [6.45, 7) is 4.10. The molecule has 1 aromatic heterocycles. The van der Waals surface area contributed by atoms with E-state index in [9.17, 15) is 9.59 Å². The van der Waals surface area contributed by atoms with Gasteiger partial charge in [0.25, 0.3) is 5.91 Å². The molecule has 0 aliphatic heterocycles. The van der Waals surface area contributed by atoms with Crippen molar-refractivity contribution in [3.63, 3.8) is 0 Å². The van der Waals surface area contributed by atoms with Crippen LogP contribution in [0.1, 0.15) is 33.8 Å². The molecule has 0 unspecified atom stereocenters. The van der Waals surface area contributed by atoms with Gasteiger partial charge in [-0.1, -0.05) is 35.5 Å². The molecule has 6 heteroatoms. The minimum atomic E-state index is -0.352. The maximum absolute atomic E-state index is 12.8. The van der Waals surface area contributed by atoms with Crippen molar-refractivity contribution in [3.8, 4) is 0 Å². The Balaban J connectivity index is 2.21. The molecule has 6 nitrogen and oxygen atoms in total. The Kier molecular flexibility index (Phi) is 5.51. The van der Waals surface area contributed by atoms with Gasteiger partial charge in [0.15, 0.2) is 0 Å². The van der Waals surface area contributed by atoms with Crippen molar-refractivity contribution in [3.05, 3.63) is 52.9 Å². The van der Waals surface area contributed by atoms with Gasteiger partial charge in [0.2, 0.25) is 0 Å². The number of aromatic nitrogens is 1. The first kappa shape index (κ1) is 16.7. The van der Waals surface area contributed by atoms with E-state index in [0.717, 1.165) is 5.56 Å². The second kappa shape index (κ2) is 7.58.